The molecular weight excluding hydrogens is 294 g/mol. The molecule has 120 valence electrons. The lowest BCUT2D eigenvalue weighted by Gasteiger charge is -2.24. The highest BCUT2D eigenvalue weighted by atomic mass is 35.5. The summed E-state index contributed by atoms with van der Waals surface area (Å²) in [6, 6.07) is 0.331. The zero-order chi connectivity index (χ0) is 14.6. The van der Waals surface area contributed by atoms with Crippen LogP contribution in [0.15, 0.2) is 6.20 Å². The summed E-state index contributed by atoms with van der Waals surface area (Å²) in [5.41, 5.74) is -0.0719. The average molecular weight is 318 g/mol. The molecule has 1 aromatic rings. The summed E-state index contributed by atoms with van der Waals surface area (Å²) in [5, 5.41) is 14.3. The minimum absolute atomic E-state index is 0. The Kier molecular flexibility index (Phi) is 6.57. The van der Waals surface area contributed by atoms with Crippen molar-refractivity contribution < 1.29 is 9.53 Å². The number of ether oxygens (including phenoxy) is 1. The second kappa shape index (κ2) is 7.72. The monoisotopic (exact) mass is 317 g/mol. The average Bonchev–Trinajstić information content (AvgIpc) is 2.88. The van der Waals surface area contributed by atoms with Crippen LogP contribution >= 0.6 is 12.4 Å². The first-order chi connectivity index (χ1) is 9.52. The van der Waals surface area contributed by atoms with Gasteiger partial charge in [-0.1, -0.05) is 5.21 Å². The Bertz CT molecular complexity index is 457. The number of halogens is 1. The van der Waals surface area contributed by atoms with Crippen molar-refractivity contribution in [1.29, 1.82) is 0 Å². The molecule has 2 heterocycles. The molecule has 0 bridgehead atoms. The quantitative estimate of drug-likeness (QED) is 0.839. The highest BCUT2D eigenvalue weighted by Crippen LogP contribution is 2.17. The molecule has 8 heteroatoms. The van der Waals surface area contributed by atoms with E-state index in [9.17, 15) is 4.79 Å². The van der Waals surface area contributed by atoms with Gasteiger partial charge < -0.3 is 15.4 Å². The van der Waals surface area contributed by atoms with Crippen molar-refractivity contribution in [3.8, 4) is 0 Å². The van der Waals surface area contributed by atoms with Crippen LogP contribution in [0.5, 0.6) is 0 Å². The van der Waals surface area contributed by atoms with Crippen LogP contribution in [-0.2, 0) is 4.74 Å². The second-order valence-corrected chi connectivity index (χ2v) is 5.84. The molecule has 0 aliphatic carbocycles. The number of piperidine rings is 1. The molecule has 0 spiro atoms. The molecule has 1 fully saturated rings. The summed E-state index contributed by atoms with van der Waals surface area (Å²) < 4.78 is 6.89. The summed E-state index contributed by atoms with van der Waals surface area (Å²) in [6.45, 7) is 6.22. The maximum atomic E-state index is 12.1. The van der Waals surface area contributed by atoms with Gasteiger partial charge in [0.15, 0.2) is 5.69 Å². The van der Waals surface area contributed by atoms with Crippen LogP contribution in [0.3, 0.4) is 0 Å². The summed E-state index contributed by atoms with van der Waals surface area (Å²) in [7, 11) is 1.61. The summed E-state index contributed by atoms with van der Waals surface area (Å²) in [4.78, 5) is 12.1. The van der Waals surface area contributed by atoms with Crippen molar-refractivity contribution in [2.24, 2.45) is 0 Å². The van der Waals surface area contributed by atoms with Crippen LogP contribution in [-0.4, -0.2) is 53.2 Å². The van der Waals surface area contributed by atoms with Crippen molar-refractivity contribution in [3.63, 3.8) is 0 Å². The van der Waals surface area contributed by atoms with Gasteiger partial charge in [0, 0.05) is 7.11 Å². The zero-order valence-electron chi connectivity index (χ0n) is 12.8. The third-order valence-electron chi connectivity index (χ3n) is 3.38. The Morgan fingerprint density at radius 3 is 2.81 bits per heavy atom. The molecule has 2 rings (SSSR count). The molecule has 0 unspecified atom stereocenters. The number of nitrogens with one attached hydrogen (secondary N) is 2. The summed E-state index contributed by atoms with van der Waals surface area (Å²) in [6.07, 6.45) is 3.76. The number of aromatic nitrogens is 3. The Morgan fingerprint density at radius 2 is 2.19 bits per heavy atom. The van der Waals surface area contributed by atoms with E-state index in [1.807, 2.05) is 13.8 Å². The largest absolute Gasteiger partial charge is 0.382 e. The smallest absolute Gasteiger partial charge is 0.273 e. The van der Waals surface area contributed by atoms with Crippen molar-refractivity contribution in [3.05, 3.63) is 11.9 Å². The fourth-order valence-corrected chi connectivity index (χ4v) is 2.40. The maximum Gasteiger partial charge on any atom is 0.273 e. The number of nitrogens with zero attached hydrogens (tertiary/aromatic N) is 3. The first-order valence-electron chi connectivity index (χ1n) is 6.96. The normalized spacial score (nSPS) is 16.3. The van der Waals surface area contributed by atoms with Crippen molar-refractivity contribution in [2.75, 3.05) is 26.8 Å². The second-order valence-electron chi connectivity index (χ2n) is 5.84. The van der Waals surface area contributed by atoms with E-state index >= 15 is 0 Å². The fourth-order valence-electron chi connectivity index (χ4n) is 2.40. The third kappa shape index (κ3) is 4.94. The highest BCUT2D eigenvalue weighted by molar-refractivity contribution is 5.92. The predicted molar refractivity (Wildman–Crippen MR) is 81.8 cm³/mol. The van der Waals surface area contributed by atoms with Gasteiger partial charge in [0.05, 0.1) is 24.4 Å². The van der Waals surface area contributed by atoms with Crippen LogP contribution < -0.4 is 10.6 Å². The third-order valence-corrected chi connectivity index (χ3v) is 3.38. The molecule has 7 nitrogen and oxygen atoms in total. The van der Waals surface area contributed by atoms with Crippen molar-refractivity contribution in [2.45, 2.75) is 38.3 Å². The van der Waals surface area contributed by atoms with E-state index < -0.39 is 5.54 Å². The topological polar surface area (TPSA) is 81.1 Å². The van der Waals surface area contributed by atoms with Crippen LogP contribution in [0.4, 0.5) is 0 Å². The van der Waals surface area contributed by atoms with Crippen molar-refractivity contribution >= 4 is 18.3 Å². The van der Waals surface area contributed by atoms with Crippen LogP contribution in [0, 0.1) is 0 Å². The molecule has 1 aliphatic rings. The number of methoxy groups -OCH3 is 1. The minimum Gasteiger partial charge on any atom is -0.382 e. The molecule has 0 radical (unpaired) electrons. The fraction of sp³-hybridized carbons (Fsp3) is 0.769. The maximum absolute atomic E-state index is 12.1. The molecule has 21 heavy (non-hydrogen) atoms. The molecular formula is C13H24ClN5O2. The number of hydrogen-bond acceptors (Lipinski definition) is 5. The van der Waals surface area contributed by atoms with Gasteiger partial charge in [-0.05, 0) is 39.8 Å². The van der Waals surface area contributed by atoms with E-state index in [2.05, 4.69) is 20.9 Å². The lowest BCUT2D eigenvalue weighted by atomic mass is 10.1. The van der Waals surface area contributed by atoms with Crippen LogP contribution in [0.25, 0.3) is 0 Å². The van der Waals surface area contributed by atoms with Gasteiger partial charge in [-0.3, -0.25) is 4.79 Å². The Hall–Kier alpha value is -1.18. The van der Waals surface area contributed by atoms with E-state index in [0.29, 0.717) is 18.3 Å². The van der Waals surface area contributed by atoms with Crippen LogP contribution in [0.2, 0.25) is 0 Å². The van der Waals surface area contributed by atoms with Crippen LogP contribution in [0.1, 0.15) is 43.2 Å². The first-order valence-corrected chi connectivity index (χ1v) is 6.96. The van der Waals surface area contributed by atoms with Gasteiger partial charge in [0.1, 0.15) is 0 Å². The molecule has 0 aromatic carbocycles. The van der Waals surface area contributed by atoms with E-state index in [1.165, 1.54) is 0 Å². The number of carbonyl (C=O) groups is 1. The zero-order valence-corrected chi connectivity index (χ0v) is 13.6. The Morgan fingerprint density at radius 1 is 1.52 bits per heavy atom. The summed E-state index contributed by atoms with van der Waals surface area (Å²) >= 11 is 0. The molecule has 1 aliphatic heterocycles. The molecule has 0 atom stereocenters. The number of amides is 1. The van der Waals surface area contributed by atoms with E-state index in [-0.39, 0.29) is 18.3 Å². The van der Waals surface area contributed by atoms with Gasteiger partial charge in [0.25, 0.3) is 5.91 Å². The molecule has 2 N–H and O–H groups in total. The van der Waals surface area contributed by atoms with Gasteiger partial charge in [-0.25, -0.2) is 4.68 Å². The minimum atomic E-state index is -0.426. The first kappa shape index (κ1) is 17.9. The summed E-state index contributed by atoms with van der Waals surface area (Å²) in [5.74, 6) is -0.216. The molecule has 1 amide bonds. The molecule has 0 saturated carbocycles. The molecule has 1 saturated heterocycles. The lowest BCUT2D eigenvalue weighted by molar-refractivity contribution is 0.0815. The highest BCUT2D eigenvalue weighted by Gasteiger charge is 2.24. The predicted octanol–water partition coefficient (Wildman–Crippen LogP) is 0.779. The standard InChI is InChI=1S/C13H23N5O2.ClH/c1-13(2,9-20-3)15-12(19)11-8-18(17-16-11)10-4-6-14-7-5-10;/h8,10,14H,4-7,9H2,1-3H3,(H,15,19);1H. The molecule has 1 aromatic heterocycles. The van der Waals surface area contributed by atoms with Gasteiger partial charge in [-0.15, -0.1) is 17.5 Å². The number of carbonyl (C=O) groups excluding carboxylic acids is 1. The van der Waals surface area contributed by atoms with Gasteiger partial charge in [-0.2, -0.15) is 0 Å². The number of rotatable bonds is 5. The van der Waals surface area contributed by atoms with Crippen molar-refractivity contribution in [1.82, 2.24) is 25.6 Å². The van der Waals surface area contributed by atoms with Gasteiger partial charge >= 0.3 is 0 Å². The van der Waals surface area contributed by atoms with Gasteiger partial charge in [0.2, 0.25) is 0 Å². The Labute approximate surface area is 131 Å². The van der Waals surface area contributed by atoms with E-state index in [1.54, 1.807) is 18.0 Å². The lowest BCUT2D eigenvalue weighted by Crippen LogP contribution is -2.46. The van der Waals surface area contributed by atoms with E-state index in [4.69, 9.17) is 4.74 Å². The number of hydrogen-bond donors (Lipinski definition) is 2. The Balaban J connectivity index is 0.00000220. The SMILES string of the molecule is COCC(C)(C)NC(=O)c1cn(C2CCNCC2)nn1.Cl. The van der Waals surface area contributed by atoms with E-state index in [0.717, 1.165) is 25.9 Å².